The number of aromatic amines is 1. The summed E-state index contributed by atoms with van der Waals surface area (Å²) in [7, 11) is 0. The Morgan fingerprint density at radius 1 is 1.17 bits per heavy atom. The highest BCUT2D eigenvalue weighted by molar-refractivity contribution is 6.38. The number of nitrogens with zero attached hydrogens (tertiary/aromatic N) is 4. The highest BCUT2D eigenvalue weighted by Gasteiger charge is 2.28. The van der Waals surface area contributed by atoms with Gasteiger partial charge in [0.1, 0.15) is 11.2 Å². The van der Waals surface area contributed by atoms with E-state index in [0.717, 1.165) is 72.2 Å². The number of carbonyl (C=O) groups excluding carboxylic acids is 2. The van der Waals surface area contributed by atoms with E-state index in [-0.39, 0.29) is 18.1 Å². The topological polar surface area (TPSA) is 91.0 Å². The molecule has 0 atom stereocenters. The quantitative estimate of drug-likeness (QED) is 0.326. The molecule has 2 amide bonds. The molecule has 2 aliphatic heterocycles. The van der Waals surface area contributed by atoms with Gasteiger partial charge < -0.3 is 24.3 Å². The molecule has 2 fully saturated rings. The Labute approximate surface area is 253 Å². The predicted molar refractivity (Wildman–Crippen MR) is 166 cm³/mol. The number of H-pyrrole nitrogens is 1. The minimum absolute atomic E-state index is 0.0902. The van der Waals surface area contributed by atoms with Gasteiger partial charge in [0, 0.05) is 68.4 Å². The Balaban J connectivity index is 1.09. The Hall–Kier alpha value is -3.14. The number of benzene rings is 1. The largest absolute Gasteiger partial charge is 0.444 e. The minimum Gasteiger partial charge on any atom is -0.444 e. The standard InChI is InChI=1S/C32H42ClN5O4/c1-5-22-19-34-30-28(22)29(33)26(20-35-30)23-8-6-9-24(18-23)38-16-15-36(21-27(38)39)12-7-17-41-25-10-13-37(14-11-25)31(40)42-32(2,3)4/h6,8-9,18-20,25H,5,7,10-17,21H2,1-4H3,(H,34,35). The van der Waals surface area contributed by atoms with Gasteiger partial charge in [0.2, 0.25) is 5.91 Å². The molecule has 2 aromatic heterocycles. The number of hydrogen-bond donors (Lipinski definition) is 1. The van der Waals surface area contributed by atoms with Crippen molar-refractivity contribution in [2.24, 2.45) is 0 Å². The third-order valence-electron chi connectivity index (χ3n) is 7.94. The first-order valence-electron chi connectivity index (χ1n) is 15.0. The lowest BCUT2D eigenvalue weighted by Gasteiger charge is -2.35. The van der Waals surface area contributed by atoms with E-state index in [1.54, 1.807) is 11.1 Å². The number of ether oxygens (including phenoxy) is 2. The lowest BCUT2D eigenvalue weighted by molar-refractivity contribution is -0.121. The summed E-state index contributed by atoms with van der Waals surface area (Å²) in [5, 5.41) is 1.64. The van der Waals surface area contributed by atoms with Crippen LogP contribution in [0, 0.1) is 0 Å². The molecule has 2 aliphatic rings. The Morgan fingerprint density at radius 2 is 1.95 bits per heavy atom. The molecule has 0 unspecified atom stereocenters. The van der Waals surface area contributed by atoms with Gasteiger partial charge in [0.25, 0.3) is 0 Å². The number of likely N-dealkylation sites (tertiary alicyclic amines) is 1. The van der Waals surface area contributed by atoms with Crippen LogP contribution in [0.5, 0.6) is 0 Å². The molecular weight excluding hydrogens is 554 g/mol. The minimum atomic E-state index is -0.482. The summed E-state index contributed by atoms with van der Waals surface area (Å²) in [5.41, 5.74) is 4.13. The molecule has 9 nitrogen and oxygen atoms in total. The van der Waals surface area contributed by atoms with Crippen LogP contribution in [0.15, 0.2) is 36.7 Å². The van der Waals surface area contributed by atoms with Gasteiger partial charge in [-0.05, 0) is 69.7 Å². The fraction of sp³-hybridized carbons (Fsp3) is 0.531. The summed E-state index contributed by atoms with van der Waals surface area (Å²) in [6.07, 6.45) is 7.03. The normalized spacial score (nSPS) is 17.3. The van der Waals surface area contributed by atoms with Crippen molar-refractivity contribution in [3.05, 3.63) is 47.2 Å². The number of pyridine rings is 1. The van der Waals surface area contributed by atoms with Crippen LogP contribution in [0.3, 0.4) is 0 Å². The number of fused-ring (bicyclic) bond motifs is 1. The van der Waals surface area contributed by atoms with Crippen molar-refractivity contribution in [2.45, 2.75) is 65.1 Å². The maximum absolute atomic E-state index is 13.2. The zero-order valence-corrected chi connectivity index (χ0v) is 25.9. The number of aromatic nitrogens is 2. The molecule has 42 heavy (non-hydrogen) atoms. The second-order valence-electron chi connectivity index (χ2n) is 12.1. The molecule has 0 bridgehead atoms. The molecule has 226 valence electrons. The summed E-state index contributed by atoms with van der Waals surface area (Å²) in [4.78, 5) is 39.0. The van der Waals surface area contributed by atoms with E-state index in [9.17, 15) is 9.59 Å². The van der Waals surface area contributed by atoms with Crippen LogP contribution in [0.2, 0.25) is 5.02 Å². The molecule has 1 N–H and O–H groups in total. The number of piperazine rings is 1. The van der Waals surface area contributed by atoms with E-state index in [2.05, 4.69) is 21.8 Å². The van der Waals surface area contributed by atoms with Crippen molar-refractivity contribution >= 4 is 40.3 Å². The molecule has 1 aromatic carbocycles. The van der Waals surface area contributed by atoms with Crippen LogP contribution < -0.4 is 4.90 Å². The molecule has 10 heteroatoms. The van der Waals surface area contributed by atoms with Gasteiger partial charge >= 0.3 is 6.09 Å². The SMILES string of the molecule is CCc1c[nH]c2ncc(-c3cccc(N4CCN(CCCOC5CCN(C(=O)OC(C)(C)C)CC5)CC4=O)c3)c(Cl)c12. The van der Waals surface area contributed by atoms with Crippen molar-refractivity contribution in [1.29, 1.82) is 0 Å². The molecular formula is C32H42ClN5O4. The fourth-order valence-corrected chi connectivity index (χ4v) is 6.06. The van der Waals surface area contributed by atoms with Crippen LogP contribution in [0.1, 0.15) is 52.5 Å². The van der Waals surface area contributed by atoms with Gasteiger partial charge in [0.15, 0.2) is 0 Å². The van der Waals surface area contributed by atoms with Gasteiger partial charge in [-0.1, -0.05) is 30.7 Å². The first-order chi connectivity index (χ1) is 20.1. The summed E-state index contributed by atoms with van der Waals surface area (Å²) >= 11 is 6.86. The number of hydrogen-bond acceptors (Lipinski definition) is 6. The van der Waals surface area contributed by atoms with Crippen LogP contribution in [-0.4, -0.2) is 89.3 Å². The van der Waals surface area contributed by atoms with Crippen molar-refractivity contribution in [3.8, 4) is 11.1 Å². The third-order valence-corrected chi connectivity index (χ3v) is 8.33. The van der Waals surface area contributed by atoms with Crippen LogP contribution in [-0.2, 0) is 20.7 Å². The predicted octanol–water partition coefficient (Wildman–Crippen LogP) is 5.90. The van der Waals surface area contributed by atoms with Crippen LogP contribution in [0.25, 0.3) is 22.2 Å². The van der Waals surface area contributed by atoms with Crippen LogP contribution in [0.4, 0.5) is 10.5 Å². The molecule has 2 saturated heterocycles. The van der Waals surface area contributed by atoms with E-state index in [1.807, 2.05) is 56.1 Å². The number of anilines is 1. The molecule has 0 radical (unpaired) electrons. The fourth-order valence-electron chi connectivity index (χ4n) is 5.70. The number of carbonyl (C=O) groups is 2. The Bertz CT molecular complexity index is 1410. The molecule has 3 aromatic rings. The first-order valence-corrected chi connectivity index (χ1v) is 15.4. The second kappa shape index (κ2) is 13.0. The number of amides is 2. The van der Waals surface area contributed by atoms with E-state index in [1.165, 1.54) is 0 Å². The lowest BCUT2D eigenvalue weighted by Crippen LogP contribution is -2.50. The summed E-state index contributed by atoms with van der Waals surface area (Å²) < 4.78 is 11.6. The number of nitrogens with one attached hydrogen (secondary N) is 1. The zero-order chi connectivity index (χ0) is 29.9. The molecule has 0 aliphatic carbocycles. The van der Waals surface area contributed by atoms with Crippen molar-refractivity contribution in [3.63, 3.8) is 0 Å². The summed E-state index contributed by atoms with van der Waals surface area (Å²) in [6, 6.07) is 7.99. The summed E-state index contributed by atoms with van der Waals surface area (Å²) in [5.74, 6) is 0.0902. The van der Waals surface area contributed by atoms with E-state index in [4.69, 9.17) is 21.1 Å². The Kier molecular flexibility index (Phi) is 9.40. The Morgan fingerprint density at radius 3 is 2.67 bits per heavy atom. The number of piperidine rings is 1. The van der Waals surface area contributed by atoms with E-state index >= 15 is 0 Å². The molecule has 4 heterocycles. The van der Waals surface area contributed by atoms with E-state index in [0.29, 0.717) is 37.8 Å². The molecule has 0 saturated carbocycles. The maximum atomic E-state index is 13.2. The number of halogens is 1. The highest BCUT2D eigenvalue weighted by atomic mass is 35.5. The first kappa shape index (κ1) is 30.3. The smallest absolute Gasteiger partial charge is 0.410 e. The van der Waals surface area contributed by atoms with Crippen molar-refractivity contribution < 1.29 is 19.1 Å². The average molecular weight is 596 g/mol. The highest BCUT2D eigenvalue weighted by Crippen LogP contribution is 2.36. The lowest BCUT2D eigenvalue weighted by atomic mass is 10.0. The molecule has 0 spiro atoms. The number of rotatable bonds is 8. The van der Waals surface area contributed by atoms with E-state index < -0.39 is 5.60 Å². The van der Waals surface area contributed by atoms with Gasteiger partial charge in [0.05, 0.1) is 17.7 Å². The average Bonchev–Trinajstić information content (AvgIpc) is 3.39. The zero-order valence-electron chi connectivity index (χ0n) is 25.1. The second-order valence-corrected chi connectivity index (χ2v) is 12.5. The maximum Gasteiger partial charge on any atom is 0.410 e. The summed E-state index contributed by atoms with van der Waals surface area (Å²) in [6.45, 7) is 12.3. The number of aryl methyl sites for hydroxylation is 1. The third kappa shape index (κ3) is 7.07. The van der Waals surface area contributed by atoms with Gasteiger partial charge in [-0.25, -0.2) is 9.78 Å². The van der Waals surface area contributed by atoms with Crippen molar-refractivity contribution in [2.75, 3.05) is 50.8 Å². The van der Waals surface area contributed by atoms with Crippen molar-refractivity contribution in [1.82, 2.24) is 19.8 Å². The monoisotopic (exact) mass is 595 g/mol. The van der Waals surface area contributed by atoms with Gasteiger partial charge in [-0.3, -0.25) is 9.69 Å². The van der Waals surface area contributed by atoms with Crippen LogP contribution >= 0.6 is 11.6 Å². The van der Waals surface area contributed by atoms with Gasteiger partial charge in [-0.2, -0.15) is 0 Å². The van der Waals surface area contributed by atoms with Gasteiger partial charge in [-0.15, -0.1) is 0 Å². The molecule has 5 rings (SSSR count).